The van der Waals surface area contributed by atoms with Crippen LogP contribution in [0, 0.1) is 5.92 Å². The standard InChI is InChI=1S/C18H34O4Si/c1-10-14-13(2)15(18(9)19-11-12-20-18)22-23(21-14,16(3,4)5)17(6,7)8/h10,13-15H,1,11-12H2,2-9H3/t13-,14-,15+/m0/s1. The zero-order chi connectivity index (χ0) is 17.7. The molecule has 0 aromatic carbocycles. The summed E-state index contributed by atoms with van der Waals surface area (Å²) in [5.74, 6) is -0.583. The maximum atomic E-state index is 6.85. The maximum absolute atomic E-state index is 6.85. The predicted octanol–water partition coefficient (Wildman–Crippen LogP) is 4.40. The van der Waals surface area contributed by atoms with Gasteiger partial charge in [0.15, 0.2) is 5.79 Å². The lowest BCUT2D eigenvalue weighted by molar-refractivity contribution is -0.238. The fourth-order valence-corrected chi connectivity index (χ4v) is 9.36. The van der Waals surface area contributed by atoms with Crippen molar-refractivity contribution < 1.29 is 18.3 Å². The Morgan fingerprint density at radius 2 is 1.48 bits per heavy atom. The van der Waals surface area contributed by atoms with E-state index in [9.17, 15) is 0 Å². The van der Waals surface area contributed by atoms with Crippen LogP contribution >= 0.6 is 0 Å². The van der Waals surface area contributed by atoms with Gasteiger partial charge in [-0.1, -0.05) is 54.5 Å². The molecular weight excluding hydrogens is 308 g/mol. The fraction of sp³-hybridized carbons (Fsp3) is 0.889. The molecular formula is C18H34O4Si. The Morgan fingerprint density at radius 1 is 1.00 bits per heavy atom. The molecule has 5 heteroatoms. The molecule has 0 spiro atoms. The molecule has 0 bridgehead atoms. The van der Waals surface area contributed by atoms with Crippen LogP contribution in [0.4, 0.5) is 0 Å². The number of hydrogen-bond donors (Lipinski definition) is 0. The smallest absolute Gasteiger partial charge is 0.350 e. The lowest BCUT2D eigenvalue weighted by atomic mass is 9.92. The highest BCUT2D eigenvalue weighted by Gasteiger charge is 2.65. The molecule has 4 nitrogen and oxygen atoms in total. The average Bonchev–Trinajstić information content (AvgIpc) is 2.84. The second-order valence-electron chi connectivity index (χ2n) is 9.05. The maximum Gasteiger partial charge on any atom is 0.350 e. The lowest BCUT2D eigenvalue weighted by Crippen LogP contribution is -2.69. The van der Waals surface area contributed by atoms with Gasteiger partial charge >= 0.3 is 8.56 Å². The van der Waals surface area contributed by atoms with Gasteiger partial charge in [0.25, 0.3) is 0 Å². The molecule has 0 radical (unpaired) electrons. The van der Waals surface area contributed by atoms with Crippen molar-refractivity contribution in [1.29, 1.82) is 0 Å². The molecule has 2 heterocycles. The van der Waals surface area contributed by atoms with E-state index in [-0.39, 0.29) is 28.2 Å². The Hall–Kier alpha value is -0.203. The Balaban J connectivity index is 2.51. The molecule has 2 aliphatic rings. The number of rotatable bonds is 2. The van der Waals surface area contributed by atoms with Crippen LogP contribution < -0.4 is 0 Å². The average molecular weight is 343 g/mol. The highest BCUT2D eigenvalue weighted by molar-refractivity contribution is 6.73. The van der Waals surface area contributed by atoms with Crippen LogP contribution in [-0.2, 0) is 18.3 Å². The minimum atomic E-state index is -2.62. The van der Waals surface area contributed by atoms with Crippen molar-refractivity contribution in [3.63, 3.8) is 0 Å². The summed E-state index contributed by atoms with van der Waals surface area (Å²) in [6.45, 7) is 22.7. The van der Waals surface area contributed by atoms with Gasteiger partial charge in [-0.25, -0.2) is 0 Å². The summed E-state index contributed by atoms with van der Waals surface area (Å²) in [5, 5.41) is -0.167. The molecule has 3 atom stereocenters. The van der Waals surface area contributed by atoms with Gasteiger partial charge in [0.1, 0.15) is 6.10 Å². The molecule has 0 N–H and O–H groups in total. The molecule has 2 rings (SSSR count). The Labute approximate surface area is 142 Å². The zero-order valence-electron chi connectivity index (χ0n) is 16.1. The predicted molar refractivity (Wildman–Crippen MR) is 94.6 cm³/mol. The molecule has 2 fully saturated rings. The Kier molecular flexibility index (Phi) is 4.95. The van der Waals surface area contributed by atoms with E-state index in [0.29, 0.717) is 13.2 Å². The van der Waals surface area contributed by atoms with Gasteiger partial charge in [0.2, 0.25) is 0 Å². The first kappa shape index (κ1) is 19.1. The van der Waals surface area contributed by atoms with E-state index in [2.05, 4.69) is 55.0 Å². The normalized spacial score (nSPS) is 34.3. The third kappa shape index (κ3) is 3.06. The fourth-order valence-electron chi connectivity index (χ4n) is 4.16. The molecule has 0 aromatic rings. The van der Waals surface area contributed by atoms with Gasteiger partial charge in [-0.3, -0.25) is 0 Å². The lowest BCUT2D eigenvalue weighted by Gasteiger charge is -2.58. The SMILES string of the molecule is C=C[C@@H]1O[Si](C(C)(C)C)(C(C)(C)C)O[C@@H](C2(C)OCCO2)[C@H]1C. The van der Waals surface area contributed by atoms with E-state index in [0.717, 1.165) is 0 Å². The van der Waals surface area contributed by atoms with Crippen molar-refractivity contribution in [3.05, 3.63) is 12.7 Å². The van der Waals surface area contributed by atoms with Crippen LogP contribution in [0.5, 0.6) is 0 Å². The minimum Gasteiger partial charge on any atom is -0.387 e. The minimum absolute atomic E-state index is 0.0523. The monoisotopic (exact) mass is 342 g/mol. The summed E-state index contributed by atoms with van der Waals surface area (Å²) in [6.07, 6.45) is 1.70. The van der Waals surface area contributed by atoms with Gasteiger partial charge in [0, 0.05) is 16.0 Å². The molecule has 134 valence electrons. The molecule has 0 saturated carbocycles. The molecule has 0 aliphatic carbocycles. The molecule has 0 aromatic heterocycles. The molecule has 2 saturated heterocycles. The Morgan fingerprint density at radius 3 is 1.87 bits per heavy atom. The van der Waals surface area contributed by atoms with Crippen LogP contribution in [0.2, 0.25) is 10.1 Å². The highest BCUT2D eigenvalue weighted by atomic mass is 28.4. The highest BCUT2D eigenvalue weighted by Crippen LogP contribution is 2.57. The van der Waals surface area contributed by atoms with E-state index in [1.807, 2.05) is 13.0 Å². The summed E-state index contributed by atoms with van der Waals surface area (Å²) < 4.78 is 25.4. The van der Waals surface area contributed by atoms with Gasteiger partial charge in [-0.05, 0) is 6.92 Å². The van der Waals surface area contributed by atoms with Gasteiger partial charge in [-0.2, -0.15) is 0 Å². The van der Waals surface area contributed by atoms with Crippen LogP contribution in [0.25, 0.3) is 0 Å². The number of hydrogen-bond acceptors (Lipinski definition) is 4. The van der Waals surface area contributed by atoms with E-state index >= 15 is 0 Å². The molecule has 0 unspecified atom stereocenters. The first-order valence-electron chi connectivity index (χ1n) is 8.64. The van der Waals surface area contributed by atoms with Gasteiger partial charge in [0.05, 0.1) is 19.3 Å². The van der Waals surface area contributed by atoms with Crippen molar-refractivity contribution in [2.45, 2.75) is 83.5 Å². The molecule has 23 heavy (non-hydrogen) atoms. The number of ether oxygens (including phenoxy) is 2. The first-order chi connectivity index (χ1) is 10.4. The molecule has 2 aliphatic heterocycles. The van der Waals surface area contributed by atoms with E-state index < -0.39 is 14.3 Å². The first-order valence-corrected chi connectivity index (χ1v) is 10.5. The molecule has 0 amide bonds. The van der Waals surface area contributed by atoms with Crippen LogP contribution in [0.1, 0.15) is 55.4 Å². The Bertz CT molecular complexity index is 429. The van der Waals surface area contributed by atoms with Crippen molar-refractivity contribution in [2.24, 2.45) is 5.92 Å². The summed E-state index contributed by atoms with van der Waals surface area (Å²) in [7, 11) is -2.62. The summed E-state index contributed by atoms with van der Waals surface area (Å²) >= 11 is 0. The quantitative estimate of drug-likeness (QED) is 0.550. The van der Waals surface area contributed by atoms with Gasteiger partial charge < -0.3 is 18.3 Å². The third-order valence-corrected chi connectivity index (χ3v) is 10.3. The second kappa shape index (κ2) is 5.95. The zero-order valence-corrected chi connectivity index (χ0v) is 17.1. The van der Waals surface area contributed by atoms with E-state index in [4.69, 9.17) is 18.3 Å². The van der Waals surface area contributed by atoms with Crippen LogP contribution in [-0.4, -0.2) is 39.8 Å². The summed E-state index contributed by atoms with van der Waals surface area (Å²) in [4.78, 5) is 0. The van der Waals surface area contributed by atoms with Crippen molar-refractivity contribution >= 4 is 8.56 Å². The second-order valence-corrected chi connectivity index (χ2v) is 13.7. The third-order valence-electron chi connectivity index (χ3n) is 5.18. The van der Waals surface area contributed by atoms with Crippen molar-refractivity contribution in [2.75, 3.05) is 13.2 Å². The summed E-state index contributed by atoms with van der Waals surface area (Å²) in [6, 6.07) is 0. The van der Waals surface area contributed by atoms with Crippen molar-refractivity contribution in [1.82, 2.24) is 0 Å². The largest absolute Gasteiger partial charge is 0.387 e. The van der Waals surface area contributed by atoms with E-state index in [1.165, 1.54) is 0 Å². The van der Waals surface area contributed by atoms with Gasteiger partial charge in [-0.15, -0.1) is 6.58 Å². The van der Waals surface area contributed by atoms with Crippen molar-refractivity contribution in [3.8, 4) is 0 Å². The van der Waals surface area contributed by atoms with Crippen LogP contribution in [0.3, 0.4) is 0 Å². The topological polar surface area (TPSA) is 36.9 Å². The summed E-state index contributed by atoms with van der Waals surface area (Å²) in [5.41, 5.74) is 0. The van der Waals surface area contributed by atoms with Crippen LogP contribution in [0.15, 0.2) is 12.7 Å². The van der Waals surface area contributed by atoms with E-state index in [1.54, 1.807) is 0 Å².